The van der Waals surface area contributed by atoms with Crippen molar-refractivity contribution in [3.05, 3.63) is 50.6 Å². The smallest absolute Gasteiger partial charge is 0.337 e. The first kappa shape index (κ1) is 12.8. The van der Waals surface area contributed by atoms with E-state index in [1.54, 1.807) is 29.6 Å². The molecule has 0 aliphatic rings. The topological polar surface area (TPSA) is 66.4 Å². The summed E-state index contributed by atoms with van der Waals surface area (Å²) in [6.45, 7) is 0. The molecule has 1 aromatic carbocycles. The van der Waals surface area contributed by atoms with Gasteiger partial charge in [-0.05, 0) is 34.1 Å². The van der Waals surface area contributed by atoms with Crippen LogP contribution in [0.2, 0.25) is 0 Å². The van der Waals surface area contributed by atoms with Crippen molar-refractivity contribution in [3.63, 3.8) is 0 Å². The Labute approximate surface area is 115 Å². The zero-order valence-corrected chi connectivity index (χ0v) is 11.4. The molecule has 4 nitrogen and oxygen atoms in total. The van der Waals surface area contributed by atoms with Gasteiger partial charge in [-0.15, -0.1) is 11.3 Å². The minimum atomic E-state index is -1.07. The third-order valence-electron chi connectivity index (χ3n) is 2.24. The molecule has 0 radical (unpaired) electrons. The average Bonchev–Trinajstić information content (AvgIpc) is 2.76. The van der Waals surface area contributed by atoms with E-state index in [0.29, 0.717) is 5.56 Å². The van der Waals surface area contributed by atoms with E-state index in [2.05, 4.69) is 21.2 Å². The van der Waals surface area contributed by atoms with Crippen molar-refractivity contribution in [2.75, 3.05) is 5.32 Å². The molecule has 0 bridgehead atoms. The van der Waals surface area contributed by atoms with Gasteiger partial charge in [0.05, 0.1) is 20.6 Å². The minimum Gasteiger partial charge on any atom is -0.478 e. The number of benzene rings is 1. The van der Waals surface area contributed by atoms with Crippen molar-refractivity contribution in [1.29, 1.82) is 0 Å². The highest BCUT2D eigenvalue weighted by Crippen LogP contribution is 2.22. The van der Waals surface area contributed by atoms with Crippen LogP contribution in [0.25, 0.3) is 0 Å². The van der Waals surface area contributed by atoms with Gasteiger partial charge in [0.2, 0.25) is 0 Å². The summed E-state index contributed by atoms with van der Waals surface area (Å²) in [5, 5.41) is 13.3. The van der Waals surface area contributed by atoms with E-state index in [-0.39, 0.29) is 17.2 Å². The van der Waals surface area contributed by atoms with Crippen LogP contribution in [0.3, 0.4) is 0 Å². The monoisotopic (exact) mass is 325 g/mol. The highest BCUT2D eigenvalue weighted by Gasteiger charge is 2.13. The quantitative estimate of drug-likeness (QED) is 0.908. The third kappa shape index (κ3) is 2.77. The Morgan fingerprint density at radius 2 is 2.00 bits per heavy atom. The molecule has 1 aromatic heterocycles. The second kappa shape index (κ2) is 5.32. The van der Waals surface area contributed by atoms with Crippen LogP contribution in [-0.4, -0.2) is 17.0 Å². The lowest BCUT2D eigenvalue weighted by molar-refractivity contribution is 0.0698. The summed E-state index contributed by atoms with van der Waals surface area (Å²) in [6, 6.07) is 7.97. The predicted octanol–water partition coefficient (Wildman–Crippen LogP) is 3.46. The maximum Gasteiger partial charge on any atom is 0.337 e. The number of nitrogens with one attached hydrogen (secondary N) is 1. The Morgan fingerprint density at radius 3 is 2.61 bits per heavy atom. The van der Waals surface area contributed by atoms with Crippen molar-refractivity contribution in [2.45, 2.75) is 0 Å². The molecule has 6 heteroatoms. The van der Waals surface area contributed by atoms with Crippen LogP contribution in [-0.2, 0) is 0 Å². The maximum absolute atomic E-state index is 11.9. The summed E-state index contributed by atoms with van der Waals surface area (Å²) in [6.07, 6.45) is 0. The van der Waals surface area contributed by atoms with Gasteiger partial charge < -0.3 is 10.4 Å². The van der Waals surface area contributed by atoms with Crippen molar-refractivity contribution in [3.8, 4) is 0 Å². The van der Waals surface area contributed by atoms with E-state index in [9.17, 15) is 9.59 Å². The van der Waals surface area contributed by atoms with Crippen LogP contribution in [0.1, 0.15) is 20.7 Å². The Kier molecular flexibility index (Phi) is 3.78. The molecule has 0 fully saturated rings. The summed E-state index contributed by atoms with van der Waals surface area (Å²) < 4.78 is 0.846. The van der Waals surface area contributed by atoms with Crippen LogP contribution in [0.5, 0.6) is 0 Å². The molecule has 0 saturated heterocycles. The Hall–Kier alpha value is -1.66. The Morgan fingerprint density at radius 1 is 1.28 bits per heavy atom. The van der Waals surface area contributed by atoms with Crippen molar-refractivity contribution in [1.82, 2.24) is 0 Å². The van der Waals surface area contributed by atoms with E-state index in [0.717, 1.165) is 3.79 Å². The molecule has 0 aliphatic carbocycles. The van der Waals surface area contributed by atoms with Crippen molar-refractivity contribution < 1.29 is 14.7 Å². The predicted molar refractivity (Wildman–Crippen MR) is 73.4 cm³/mol. The highest BCUT2D eigenvalue weighted by atomic mass is 79.9. The van der Waals surface area contributed by atoms with Gasteiger partial charge in [-0.2, -0.15) is 0 Å². The van der Waals surface area contributed by atoms with Gasteiger partial charge in [0.15, 0.2) is 0 Å². The molecule has 92 valence electrons. The Balaban J connectivity index is 2.24. The van der Waals surface area contributed by atoms with E-state index in [1.807, 2.05) is 0 Å². The fourth-order valence-electron chi connectivity index (χ4n) is 1.40. The summed E-state index contributed by atoms with van der Waals surface area (Å²) in [4.78, 5) is 22.9. The molecule has 2 N–H and O–H groups in total. The third-order valence-corrected chi connectivity index (χ3v) is 3.74. The standard InChI is InChI=1S/C12H8BrNO3S/c13-10-5-7(6-18-10)11(15)14-9-4-2-1-3-8(9)12(16)17/h1-6H,(H,14,15)(H,16,17). The maximum atomic E-state index is 11.9. The molecule has 0 saturated carbocycles. The summed E-state index contributed by atoms with van der Waals surface area (Å²) >= 11 is 4.66. The van der Waals surface area contributed by atoms with E-state index >= 15 is 0 Å². The summed E-state index contributed by atoms with van der Waals surface area (Å²) in [5.74, 6) is -1.40. The number of hydrogen-bond acceptors (Lipinski definition) is 3. The lowest BCUT2D eigenvalue weighted by atomic mass is 10.1. The number of amides is 1. The number of thiophene rings is 1. The SMILES string of the molecule is O=C(Nc1ccccc1C(=O)O)c1csc(Br)c1. The van der Waals surface area contributed by atoms with E-state index in [1.165, 1.54) is 17.4 Å². The van der Waals surface area contributed by atoms with Crippen molar-refractivity contribution >= 4 is 44.8 Å². The summed E-state index contributed by atoms with van der Waals surface area (Å²) in [7, 11) is 0. The van der Waals surface area contributed by atoms with Crippen LogP contribution < -0.4 is 5.32 Å². The lowest BCUT2D eigenvalue weighted by Gasteiger charge is -2.06. The molecule has 0 aliphatic heterocycles. The van der Waals surface area contributed by atoms with Crippen LogP contribution in [0, 0.1) is 0 Å². The minimum absolute atomic E-state index is 0.0696. The number of aromatic carboxylic acids is 1. The summed E-state index contributed by atoms with van der Waals surface area (Å²) in [5.41, 5.74) is 0.851. The molecular formula is C12H8BrNO3S. The number of anilines is 1. The number of para-hydroxylation sites is 1. The van der Waals surface area contributed by atoms with E-state index in [4.69, 9.17) is 5.11 Å². The van der Waals surface area contributed by atoms with Gasteiger partial charge >= 0.3 is 5.97 Å². The molecule has 2 aromatic rings. The molecule has 0 atom stereocenters. The number of halogens is 1. The molecule has 1 heterocycles. The average molecular weight is 326 g/mol. The number of carbonyl (C=O) groups is 2. The van der Waals surface area contributed by atoms with Crippen molar-refractivity contribution in [2.24, 2.45) is 0 Å². The first-order chi connectivity index (χ1) is 8.58. The van der Waals surface area contributed by atoms with Gasteiger partial charge in [0, 0.05) is 5.38 Å². The Bertz CT molecular complexity index is 609. The number of rotatable bonds is 3. The molecule has 0 unspecified atom stereocenters. The number of hydrogen-bond donors (Lipinski definition) is 2. The fraction of sp³-hybridized carbons (Fsp3) is 0. The van der Waals surface area contributed by atoms with E-state index < -0.39 is 5.97 Å². The van der Waals surface area contributed by atoms with Gasteiger partial charge in [0.25, 0.3) is 5.91 Å². The van der Waals surface area contributed by atoms with Gasteiger partial charge in [0.1, 0.15) is 0 Å². The number of carbonyl (C=O) groups excluding carboxylic acids is 1. The fourth-order valence-corrected chi connectivity index (χ4v) is 2.54. The molecule has 1 amide bonds. The second-order valence-electron chi connectivity index (χ2n) is 3.44. The normalized spacial score (nSPS) is 10.1. The number of carboxylic acids is 1. The zero-order valence-electron chi connectivity index (χ0n) is 9.01. The van der Waals surface area contributed by atoms with Crippen LogP contribution in [0.4, 0.5) is 5.69 Å². The highest BCUT2D eigenvalue weighted by molar-refractivity contribution is 9.11. The second-order valence-corrected chi connectivity index (χ2v) is 5.73. The first-order valence-corrected chi connectivity index (χ1v) is 6.63. The lowest BCUT2D eigenvalue weighted by Crippen LogP contribution is -2.13. The number of carboxylic acid groups (broad SMARTS) is 1. The molecule has 18 heavy (non-hydrogen) atoms. The molecule has 0 spiro atoms. The molecule has 2 rings (SSSR count). The van der Waals surface area contributed by atoms with Gasteiger partial charge in [-0.3, -0.25) is 4.79 Å². The van der Waals surface area contributed by atoms with Crippen LogP contribution in [0.15, 0.2) is 39.5 Å². The van der Waals surface area contributed by atoms with Crippen LogP contribution >= 0.6 is 27.3 Å². The van der Waals surface area contributed by atoms with Gasteiger partial charge in [-0.1, -0.05) is 12.1 Å². The first-order valence-electron chi connectivity index (χ1n) is 4.95. The zero-order chi connectivity index (χ0) is 13.1. The van der Waals surface area contributed by atoms with Gasteiger partial charge in [-0.25, -0.2) is 4.79 Å². The largest absolute Gasteiger partial charge is 0.478 e. The molecular weight excluding hydrogens is 318 g/mol.